The molecule has 2 saturated heterocycles. The summed E-state index contributed by atoms with van der Waals surface area (Å²) in [6.45, 7) is 10.3. The first-order valence-corrected chi connectivity index (χ1v) is 10.9. The number of guanidine groups is 1. The Morgan fingerprint density at radius 3 is 2.79 bits per heavy atom. The summed E-state index contributed by atoms with van der Waals surface area (Å²) in [6.07, 6.45) is 4.00. The number of carbonyl (C=O) groups excluding carboxylic acids is 1. The van der Waals surface area contributed by atoms with Crippen LogP contribution in [0.2, 0.25) is 0 Å². The van der Waals surface area contributed by atoms with E-state index >= 15 is 0 Å². The van der Waals surface area contributed by atoms with E-state index in [9.17, 15) is 4.79 Å². The predicted octanol–water partition coefficient (Wildman–Crippen LogP) is 2.00. The second-order valence-electron chi connectivity index (χ2n) is 9.63. The average Bonchev–Trinajstić information content (AvgIpc) is 3.07. The van der Waals surface area contributed by atoms with Gasteiger partial charge in [0.2, 0.25) is 5.91 Å². The number of aliphatic imine (C=N–C) groups is 1. The maximum absolute atomic E-state index is 11.8. The maximum Gasteiger partial charge on any atom is 0.220 e. The van der Waals surface area contributed by atoms with Crippen LogP contribution in [0.15, 0.2) is 29.3 Å². The first-order chi connectivity index (χ1) is 13.9. The van der Waals surface area contributed by atoms with E-state index in [1.165, 1.54) is 11.1 Å². The largest absolute Gasteiger partial charge is 0.355 e. The summed E-state index contributed by atoms with van der Waals surface area (Å²) in [5.74, 6) is 1.16. The highest BCUT2D eigenvalue weighted by Gasteiger charge is 2.42. The lowest BCUT2D eigenvalue weighted by Gasteiger charge is -2.44. The highest BCUT2D eigenvalue weighted by molar-refractivity contribution is 5.81. The number of carbonyl (C=O) groups is 1. The van der Waals surface area contributed by atoms with Gasteiger partial charge in [0.15, 0.2) is 5.96 Å². The van der Waals surface area contributed by atoms with Gasteiger partial charge >= 0.3 is 0 Å². The Hall–Kier alpha value is -2.08. The van der Waals surface area contributed by atoms with Crippen LogP contribution in [0.1, 0.15) is 44.2 Å². The smallest absolute Gasteiger partial charge is 0.220 e. The molecule has 6 nitrogen and oxygen atoms in total. The van der Waals surface area contributed by atoms with Gasteiger partial charge in [-0.3, -0.25) is 14.7 Å². The fraction of sp³-hybridized carbons (Fsp3) is 0.652. The van der Waals surface area contributed by atoms with Crippen molar-refractivity contribution in [3.05, 3.63) is 35.4 Å². The van der Waals surface area contributed by atoms with Gasteiger partial charge in [0.05, 0.1) is 0 Å². The fourth-order valence-electron chi connectivity index (χ4n) is 5.18. The average molecular weight is 398 g/mol. The number of rotatable bonds is 3. The highest BCUT2D eigenvalue weighted by atomic mass is 16.1. The van der Waals surface area contributed by atoms with Gasteiger partial charge in [-0.2, -0.15) is 0 Å². The van der Waals surface area contributed by atoms with Gasteiger partial charge in [0.1, 0.15) is 0 Å². The summed E-state index contributed by atoms with van der Waals surface area (Å²) in [4.78, 5) is 21.3. The van der Waals surface area contributed by atoms with Crippen molar-refractivity contribution in [2.45, 2.75) is 51.6 Å². The van der Waals surface area contributed by atoms with E-state index in [2.05, 4.69) is 63.5 Å². The molecule has 1 atom stereocenters. The first-order valence-electron chi connectivity index (χ1n) is 10.9. The number of fused-ring (bicyclic) bond motifs is 1. The Labute approximate surface area is 174 Å². The Morgan fingerprint density at radius 2 is 2.07 bits per heavy atom. The molecule has 0 aromatic heterocycles. The summed E-state index contributed by atoms with van der Waals surface area (Å²) in [7, 11) is 1.87. The molecule has 0 bridgehead atoms. The summed E-state index contributed by atoms with van der Waals surface area (Å²) < 4.78 is 0. The number of hydrogen-bond donors (Lipinski definition) is 2. The van der Waals surface area contributed by atoms with Crippen molar-refractivity contribution in [3.63, 3.8) is 0 Å². The minimum atomic E-state index is 0.0296. The SMILES string of the molecule is CN=C(NCC(C)(C)N1CCc2ccccc2C1)N1CCCC2(CNC(=O)C2)C1. The van der Waals surface area contributed by atoms with E-state index in [0.29, 0.717) is 6.42 Å². The molecule has 1 amide bonds. The number of nitrogens with zero attached hydrogens (tertiary/aromatic N) is 3. The van der Waals surface area contributed by atoms with Crippen molar-refractivity contribution in [2.24, 2.45) is 10.4 Å². The minimum Gasteiger partial charge on any atom is -0.355 e. The van der Waals surface area contributed by atoms with Gasteiger partial charge in [0.25, 0.3) is 0 Å². The summed E-state index contributed by atoms with van der Waals surface area (Å²) >= 11 is 0. The Balaban J connectivity index is 1.37. The molecular weight excluding hydrogens is 362 g/mol. The van der Waals surface area contributed by atoms with E-state index in [4.69, 9.17) is 0 Å². The van der Waals surface area contributed by atoms with Crippen LogP contribution in [0.25, 0.3) is 0 Å². The normalized spacial score (nSPS) is 25.8. The van der Waals surface area contributed by atoms with Crippen molar-refractivity contribution in [1.82, 2.24) is 20.4 Å². The Morgan fingerprint density at radius 1 is 1.28 bits per heavy atom. The molecule has 1 aromatic rings. The van der Waals surface area contributed by atoms with Crippen molar-refractivity contribution in [3.8, 4) is 0 Å². The van der Waals surface area contributed by atoms with Crippen LogP contribution in [-0.4, -0.2) is 67.0 Å². The van der Waals surface area contributed by atoms with Crippen LogP contribution in [0.3, 0.4) is 0 Å². The van der Waals surface area contributed by atoms with Gasteiger partial charge in [-0.05, 0) is 44.2 Å². The van der Waals surface area contributed by atoms with Crippen molar-refractivity contribution < 1.29 is 4.79 Å². The van der Waals surface area contributed by atoms with E-state index < -0.39 is 0 Å². The third-order valence-electron chi connectivity index (χ3n) is 7.03. The molecule has 3 aliphatic rings. The molecule has 0 aliphatic carbocycles. The third-order valence-corrected chi connectivity index (χ3v) is 7.03. The standard InChI is InChI=1S/C23H35N5O/c1-22(2,28-12-9-18-7-4-5-8-19(18)14-28)15-26-21(24-3)27-11-6-10-23(17-27)13-20(29)25-16-23/h4-5,7-8H,6,9-17H2,1-3H3,(H,24,26)(H,25,29). The topological polar surface area (TPSA) is 60.0 Å². The molecular formula is C23H35N5O. The Kier molecular flexibility index (Phi) is 5.56. The van der Waals surface area contributed by atoms with Gasteiger partial charge in [-0.15, -0.1) is 0 Å². The van der Waals surface area contributed by atoms with Gasteiger partial charge in [-0.25, -0.2) is 0 Å². The van der Waals surface area contributed by atoms with Crippen LogP contribution >= 0.6 is 0 Å². The number of hydrogen-bond acceptors (Lipinski definition) is 3. The van der Waals surface area contributed by atoms with Crippen LogP contribution < -0.4 is 10.6 Å². The lowest BCUT2D eigenvalue weighted by molar-refractivity contribution is -0.119. The summed E-state index contributed by atoms with van der Waals surface area (Å²) in [6, 6.07) is 8.80. The molecule has 158 valence electrons. The van der Waals surface area contributed by atoms with E-state index in [1.807, 2.05) is 7.05 Å². The highest BCUT2D eigenvalue weighted by Crippen LogP contribution is 2.36. The zero-order valence-electron chi connectivity index (χ0n) is 18.1. The van der Waals surface area contributed by atoms with E-state index in [-0.39, 0.29) is 16.9 Å². The molecule has 1 aromatic carbocycles. The molecule has 0 radical (unpaired) electrons. The van der Waals surface area contributed by atoms with Gasteiger partial charge < -0.3 is 15.5 Å². The predicted molar refractivity (Wildman–Crippen MR) is 117 cm³/mol. The van der Waals surface area contributed by atoms with Crippen molar-refractivity contribution >= 4 is 11.9 Å². The molecule has 2 N–H and O–H groups in total. The quantitative estimate of drug-likeness (QED) is 0.605. The van der Waals surface area contributed by atoms with Crippen LogP contribution in [-0.2, 0) is 17.8 Å². The maximum atomic E-state index is 11.8. The number of likely N-dealkylation sites (tertiary alicyclic amines) is 1. The van der Waals surface area contributed by atoms with Crippen LogP contribution in [0.4, 0.5) is 0 Å². The lowest BCUT2D eigenvalue weighted by atomic mass is 9.79. The fourth-order valence-corrected chi connectivity index (χ4v) is 5.18. The molecule has 1 unspecified atom stereocenters. The number of piperidine rings is 1. The van der Waals surface area contributed by atoms with Crippen molar-refractivity contribution in [1.29, 1.82) is 0 Å². The number of nitrogens with one attached hydrogen (secondary N) is 2. The minimum absolute atomic E-state index is 0.0296. The summed E-state index contributed by atoms with van der Waals surface area (Å²) in [5.41, 5.74) is 3.05. The van der Waals surface area contributed by atoms with Crippen molar-refractivity contribution in [2.75, 3.05) is 39.8 Å². The molecule has 1 spiro atoms. The molecule has 2 fully saturated rings. The molecule has 29 heavy (non-hydrogen) atoms. The molecule has 0 saturated carbocycles. The van der Waals surface area contributed by atoms with E-state index in [0.717, 1.165) is 64.5 Å². The molecule has 3 heterocycles. The third kappa shape index (κ3) is 4.27. The number of amides is 1. The zero-order valence-corrected chi connectivity index (χ0v) is 18.1. The molecule has 4 rings (SSSR count). The first kappa shape index (κ1) is 20.2. The molecule has 6 heteroatoms. The Bertz CT molecular complexity index is 789. The molecule has 3 aliphatic heterocycles. The monoisotopic (exact) mass is 397 g/mol. The second-order valence-corrected chi connectivity index (χ2v) is 9.63. The lowest BCUT2D eigenvalue weighted by Crippen LogP contribution is -2.57. The van der Waals surface area contributed by atoms with E-state index in [1.54, 1.807) is 0 Å². The zero-order chi connectivity index (χ0) is 20.5. The van der Waals surface area contributed by atoms with Gasteiger partial charge in [0, 0.05) is 63.7 Å². The summed E-state index contributed by atoms with van der Waals surface area (Å²) in [5, 5.41) is 6.68. The van der Waals surface area contributed by atoms with Crippen LogP contribution in [0, 0.1) is 5.41 Å². The number of benzene rings is 1. The van der Waals surface area contributed by atoms with Gasteiger partial charge in [-0.1, -0.05) is 24.3 Å². The second kappa shape index (κ2) is 7.98. The van der Waals surface area contributed by atoms with Crippen LogP contribution in [0.5, 0.6) is 0 Å².